The Hall–Kier alpha value is -3.59. The van der Waals surface area contributed by atoms with Gasteiger partial charge in [-0.1, -0.05) is 30.3 Å². The normalized spacial score (nSPS) is 13.5. The molecule has 33 heavy (non-hydrogen) atoms. The van der Waals surface area contributed by atoms with Crippen LogP contribution in [-0.2, 0) is 22.4 Å². The van der Waals surface area contributed by atoms with Crippen LogP contribution in [0.5, 0.6) is 5.75 Å². The molecule has 0 spiro atoms. The highest BCUT2D eigenvalue weighted by Gasteiger charge is 2.24. The fourth-order valence-corrected chi connectivity index (χ4v) is 3.61. The van der Waals surface area contributed by atoms with Crippen LogP contribution in [0.4, 0.5) is 0 Å². The molecule has 0 aromatic heterocycles. The fourth-order valence-electron chi connectivity index (χ4n) is 3.61. The predicted molar refractivity (Wildman–Crippen MR) is 130 cm³/mol. The van der Waals surface area contributed by atoms with E-state index in [1.165, 1.54) is 0 Å². The first-order chi connectivity index (χ1) is 15.6. The molecule has 0 radical (unpaired) electrons. The van der Waals surface area contributed by atoms with Crippen LogP contribution in [0.2, 0.25) is 0 Å². The summed E-state index contributed by atoms with van der Waals surface area (Å²) in [5.74, 6) is -0.917. The second kappa shape index (κ2) is 11.9. The lowest BCUT2D eigenvalue weighted by atomic mass is 9.95. The second-order valence-corrected chi connectivity index (χ2v) is 8.26. The van der Waals surface area contributed by atoms with Gasteiger partial charge >= 0.3 is 0 Å². The van der Waals surface area contributed by atoms with Gasteiger partial charge in [-0.05, 0) is 61.6 Å². The number of aromatic hydroxyl groups is 1. The summed E-state index contributed by atoms with van der Waals surface area (Å²) in [6.45, 7) is 5.53. The van der Waals surface area contributed by atoms with Crippen molar-refractivity contribution in [1.82, 2.24) is 10.6 Å². The van der Waals surface area contributed by atoms with Gasteiger partial charge in [0.25, 0.3) is 0 Å². The maximum atomic E-state index is 12.9. The number of nitrogens with one attached hydrogen (secondary N) is 2. The van der Waals surface area contributed by atoms with Crippen molar-refractivity contribution in [3.05, 3.63) is 64.7 Å². The van der Waals surface area contributed by atoms with Crippen molar-refractivity contribution in [1.29, 1.82) is 0 Å². The third-order valence-electron chi connectivity index (χ3n) is 5.32. The molecular formula is C24H34N6O3. The molecule has 3 atom stereocenters. The molecule has 2 amide bonds. The Kier molecular flexibility index (Phi) is 9.23. The summed E-state index contributed by atoms with van der Waals surface area (Å²) in [6.07, 6.45) is 0.845. The fraction of sp³-hybridized carbons (Fsp3) is 0.375. The minimum absolute atomic E-state index is 0.146. The number of benzene rings is 2. The number of phenols is 1. The Labute approximate surface area is 194 Å². The molecule has 0 aliphatic carbocycles. The Morgan fingerprint density at radius 1 is 1.03 bits per heavy atom. The van der Waals surface area contributed by atoms with E-state index < -0.39 is 18.0 Å². The first-order valence-corrected chi connectivity index (χ1v) is 10.8. The van der Waals surface area contributed by atoms with Crippen molar-refractivity contribution in [2.45, 2.75) is 51.7 Å². The number of nitrogens with zero attached hydrogens (tertiary/aromatic N) is 1. The van der Waals surface area contributed by atoms with Gasteiger partial charge in [0, 0.05) is 19.0 Å². The number of aryl methyl sites for hydroxylation is 2. The van der Waals surface area contributed by atoms with Crippen molar-refractivity contribution in [2.24, 2.45) is 22.2 Å². The highest BCUT2D eigenvalue weighted by Crippen LogP contribution is 2.22. The number of nitrogens with two attached hydrogens (primary N) is 3. The minimum atomic E-state index is -0.924. The quantitative estimate of drug-likeness (QED) is 0.224. The van der Waals surface area contributed by atoms with E-state index >= 15 is 0 Å². The van der Waals surface area contributed by atoms with Gasteiger partial charge in [0.05, 0.1) is 0 Å². The van der Waals surface area contributed by atoms with Gasteiger partial charge in [0.15, 0.2) is 5.96 Å². The molecule has 3 unspecified atom stereocenters. The third kappa shape index (κ3) is 8.12. The van der Waals surface area contributed by atoms with Crippen molar-refractivity contribution >= 4 is 17.8 Å². The van der Waals surface area contributed by atoms with Crippen LogP contribution in [0.3, 0.4) is 0 Å². The van der Waals surface area contributed by atoms with E-state index in [9.17, 15) is 14.7 Å². The summed E-state index contributed by atoms with van der Waals surface area (Å²) in [6, 6.07) is 11.0. The molecule has 0 aliphatic heterocycles. The highest BCUT2D eigenvalue weighted by molar-refractivity contribution is 5.91. The number of phenolic OH excluding ortho intramolecular Hbond substituents is 1. The SMILES string of the molecule is Cc1cc(O)cc(C)c1CC(N=C(N)N)C(=O)NC(C)C(=O)NCC(N)Cc1ccccc1. The van der Waals surface area contributed by atoms with E-state index in [1.807, 2.05) is 44.2 Å². The molecule has 0 saturated carbocycles. The predicted octanol–water partition coefficient (Wildman–Crippen LogP) is 0.384. The van der Waals surface area contributed by atoms with E-state index in [0.717, 1.165) is 22.3 Å². The van der Waals surface area contributed by atoms with Crippen LogP contribution in [0.1, 0.15) is 29.2 Å². The standard InChI is InChI=1S/C24H34N6O3/c1-14-9-19(31)10-15(2)20(14)12-21(30-24(26)27)23(33)29-16(3)22(32)28-13-18(25)11-17-7-5-4-6-8-17/h4-10,16,18,21,31H,11-13,25H2,1-3H3,(H,28,32)(H,29,33)(H4,26,27,30). The zero-order valence-electron chi connectivity index (χ0n) is 19.3. The van der Waals surface area contributed by atoms with E-state index in [4.69, 9.17) is 17.2 Å². The summed E-state index contributed by atoms with van der Waals surface area (Å²) in [5.41, 5.74) is 20.7. The highest BCUT2D eigenvalue weighted by atomic mass is 16.3. The summed E-state index contributed by atoms with van der Waals surface area (Å²) in [4.78, 5) is 29.4. The van der Waals surface area contributed by atoms with E-state index in [1.54, 1.807) is 19.1 Å². The Bertz CT molecular complexity index is 966. The lowest BCUT2D eigenvalue weighted by molar-refractivity contribution is -0.129. The molecule has 9 nitrogen and oxygen atoms in total. The number of carbonyl (C=O) groups is 2. The first-order valence-electron chi connectivity index (χ1n) is 10.8. The van der Waals surface area contributed by atoms with Crippen LogP contribution in [0.15, 0.2) is 47.5 Å². The zero-order valence-corrected chi connectivity index (χ0v) is 19.3. The van der Waals surface area contributed by atoms with Gasteiger partial charge in [-0.25, -0.2) is 4.99 Å². The molecular weight excluding hydrogens is 420 g/mol. The van der Waals surface area contributed by atoms with Crippen LogP contribution >= 0.6 is 0 Å². The van der Waals surface area contributed by atoms with Gasteiger partial charge in [-0.3, -0.25) is 9.59 Å². The molecule has 0 fully saturated rings. The molecule has 178 valence electrons. The molecule has 9 N–H and O–H groups in total. The smallest absolute Gasteiger partial charge is 0.245 e. The third-order valence-corrected chi connectivity index (χ3v) is 5.32. The van der Waals surface area contributed by atoms with Gasteiger partial charge < -0.3 is 32.9 Å². The first kappa shape index (κ1) is 25.7. The van der Waals surface area contributed by atoms with Gasteiger partial charge in [0.2, 0.25) is 11.8 Å². The van der Waals surface area contributed by atoms with Crippen molar-refractivity contribution in [3.63, 3.8) is 0 Å². The molecule has 2 aromatic carbocycles. The number of aliphatic imine (C=N–C) groups is 1. The largest absolute Gasteiger partial charge is 0.508 e. The average Bonchev–Trinajstić information content (AvgIpc) is 2.73. The Balaban J connectivity index is 1.97. The molecule has 2 rings (SSSR count). The number of hydrogen-bond donors (Lipinski definition) is 6. The number of carbonyl (C=O) groups excluding carboxylic acids is 2. The number of amides is 2. The van der Waals surface area contributed by atoms with E-state index in [2.05, 4.69) is 15.6 Å². The second-order valence-electron chi connectivity index (χ2n) is 8.26. The molecule has 2 aromatic rings. The van der Waals surface area contributed by atoms with Crippen LogP contribution in [-0.4, -0.2) is 47.6 Å². The molecule has 0 saturated heterocycles. The lowest BCUT2D eigenvalue weighted by Gasteiger charge is -2.20. The minimum Gasteiger partial charge on any atom is -0.508 e. The number of rotatable bonds is 10. The average molecular weight is 455 g/mol. The topological polar surface area (TPSA) is 169 Å². The molecule has 0 aliphatic rings. The Morgan fingerprint density at radius 3 is 2.21 bits per heavy atom. The maximum absolute atomic E-state index is 12.9. The summed E-state index contributed by atoms with van der Waals surface area (Å²) in [7, 11) is 0. The summed E-state index contributed by atoms with van der Waals surface area (Å²) in [5, 5.41) is 15.2. The molecule has 9 heteroatoms. The summed E-state index contributed by atoms with van der Waals surface area (Å²) < 4.78 is 0. The van der Waals surface area contributed by atoms with Gasteiger partial charge in [-0.15, -0.1) is 0 Å². The van der Waals surface area contributed by atoms with E-state index in [-0.39, 0.29) is 36.6 Å². The molecule has 0 bridgehead atoms. The Morgan fingerprint density at radius 2 is 1.64 bits per heavy atom. The summed E-state index contributed by atoms with van der Waals surface area (Å²) >= 11 is 0. The maximum Gasteiger partial charge on any atom is 0.245 e. The zero-order chi connectivity index (χ0) is 24.5. The lowest BCUT2D eigenvalue weighted by Crippen LogP contribution is -2.50. The van der Waals surface area contributed by atoms with Gasteiger partial charge in [0.1, 0.15) is 17.8 Å². The van der Waals surface area contributed by atoms with Crippen LogP contribution in [0, 0.1) is 13.8 Å². The van der Waals surface area contributed by atoms with Crippen molar-refractivity contribution in [2.75, 3.05) is 6.54 Å². The van der Waals surface area contributed by atoms with Crippen molar-refractivity contribution in [3.8, 4) is 5.75 Å². The van der Waals surface area contributed by atoms with Gasteiger partial charge in [-0.2, -0.15) is 0 Å². The van der Waals surface area contributed by atoms with Crippen LogP contribution in [0.25, 0.3) is 0 Å². The van der Waals surface area contributed by atoms with E-state index in [0.29, 0.717) is 6.42 Å². The number of guanidine groups is 1. The van der Waals surface area contributed by atoms with Crippen LogP contribution < -0.4 is 27.8 Å². The molecule has 0 heterocycles. The monoisotopic (exact) mass is 454 g/mol. The van der Waals surface area contributed by atoms with Crippen molar-refractivity contribution < 1.29 is 14.7 Å². The number of hydrogen-bond acceptors (Lipinski definition) is 5.